The second-order valence-corrected chi connectivity index (χ2v) is 6.81. The van der Waals surface area contributed by atoms with Gasteiger partial charge >= 0.3 is 0 Å². The van der Waals surface area contributed by atoms with Crippen LogP contribution in [0.1, 0.15) is 29.0 Å². The molecule has 0 spiro atoms. The fraction of sp³-hybridized carbons (Fsp3) is 0.176. The molecule has 116 valence electrons. The van der Waals surface area contributed by atoms with Gasteiger partial charge in [0.25, 0.3) is 0 Å². The van der Waals surface area contributed by atoms with Crippen LogP contribution < -0.4 is 5.32 Å². The summed E-state index contributed by atoms with van der Waals surface area (Å²) in [6, 6.07) is 9.74. The molecule has 1 amide bonds. The number of carbonyl (C=O) groups excluding carboxylic acids is 1. The van der Waals surface area contributed by atoms with E-state index in [1.54, 1.807) is 11.3 Å². The molecule has 0 radical (unpaired) electrons. The summed E-state index contributed by atoms with van der Waals surface area (Å²) in [6.45, 7) is 0.600. The van der Waals surface area contributed by atoms with Crippen molar-refractivity contribution in [2.45, 2.75) is 18.9 Å². The first-order chi connectivity index (χ1) is 11.2. The zero-order valence-corrected chi connectivity index (χ0v) is 13.8. The zero-order valence-electron chi connectivity index (χ0n) is 12.2. The molecule has 0 saturated heterocycles. The molecule has 4 rings (SSSR count). The number of hydrogen-bond donors (Lipinski definition) is 1. The Labute approximate surface area is 142 Å². The normalized spacial score (nSPS) is 16.9. The maximum absolute atomic E-state index is 12.1. The summed E-state index contributed by atoms with van der Waals surface area (Å²) in [6.07, 6.45) is 2.34. The highest BCUT2D eigenvalue weighted by Gasteiger charge is 2.30. The van der Waals surface area contributed by atoms with Gasteiger partial charge in [-0.15, -0.1) is 0 Å². The molecule has 1 N–H and O–H groups in total. The monoisotopic (exact) mass is 343 g/mol. The Bertz CT molecular complexity index is 839. The average Bonchev–Trinajstić information content (AvgIpc) is 3.19. The number of anilines is 1. The van der Waals surface area contributed by atoms with E-state index in [2.05, 4.69) is 21.9 Å². The first-order valence-corrected chi connectivity index (χ1v) is 8.65. The molecule has 0 unspecified atom stereocenters. The molecule has 23 heavy (non-hydrogen) atoms. The third-order valence-electron chi connectivity index (χ3n) is 4.08. The number of nitrogens with zero attached hydrogens (tertiary/aromatic N) is 2. The van der Waals surface area contributed by atoms with Crippen molar-refractivity contribution in [2.75, 3.05) is 5.32 Å². The van der Waals surface area contributed by atoms with Crippen LogP contribution in [-0.2, 0) is 11.3 Å². The summed E-state index contributed by atoms with van der Waals surface area (Å²) >= 11 is 7.57. The molecule has 0 saturated carbocycles. The van der Waals surface area contributed by atoms with Gasteiger partial charge in [-0.1, -0.05) is 23.7 Å². The van der Waals surface area contributed by atoms with Gasteiger partial charge in [0.1, 0.15) is 5.82 Å². The van der Waals surface area contributed by atoms with Gasteiger partial charge < -0.3 is 5.32 Å². The molecule has 0 bridgehead atoms. The van der Waals surface area contributed by atoms with Gasteiger partial charge in [0.05, 0.1) is 12.7 Å². The second-order valence-electron chi connectivity index (χ2n) is 5.59. The van der Waals surface area contributed by atoms with Crippen molar-refractivity contribution in [2.24, 2.45) is 0 Å². The SMILES string of the molecule is O=C1C[C@H](c2ccsc2)c2cnn(Cc3ccc(Cl)cc3)c2N1. The number of hydrogen-bond acceptors (Lipinski definition) is 3. The predicted molar refractivity (Wildman–Crippen MR) is 92.2 cm³/mol. The van der Waals surface area contributed by atoms with Gasteiger partial charge in [0, 0.05) is 22.9 Å². The minimum Gasteiger partial charge on any atom is -0.311 e. The molecule has 1 aromatic carbocycles. The number of halogens is 1. The lowest BCUT2D eigenvalue weighted by atomic mass is 9.89. The van der Waals surface area contributed by atoms with Crippen LogP contribution in [0.2, 0.25) is 5.02 Å². The minimum absolute atomic E-state index is 0.0338. The number of aromatic nitrogens is 2. The third-order valence-corrected chi connectivity index (χ3v) is 5.04. The van der Waals surface area contributed by atoms with Crippen molar-refractivity contribution >= 4 is 34.7 Å². The standard InChI is InChI=1S/C17H14ClN3OS/c18-13-3-1-11(2-4-13)9-21-17-15(8-19-21)14(7-16(22)20-17)12-5-6-23-10-12/h1-6,8,10,14H,7,9H2,(H,20,22)/t14-/m1/s1. The van der Waals surface area contributed by atoms with Crippen molar-refractivity contribution in [3.8, 4) is 0 Å². The quantitative estimate of drug-likeness (QED) is 0.777. The van der Waals surface area contributed by atoms with Crippen molar-refractivity contribution in [1.82, 2.24) is 9.78 Å². The summed E-state index contributed by atoms with van der Waals surface area (Å²) < 4.78 is 1.84. The largest absolute Gasteiger partial charge is 0.311 e. The summed E-state index contributed by atoms with van der Waals surface area (Å²) in [5.41, 5.74) is 3.35. The number of amides is 1. The first kappa shape index (κ1) is 14.5. The molecular formula is C17H14ClN3OS. The summed E-state index contributed by atoms with van der Waals surface area (Å²) in [5, 5.41) is 12.3. The van der Waals surface area contributed by atoms with Crippen LogP contribution in [0.15, 0.2) is 47.3 Å². The summed E-state index contributed by atoms with van der Waals surface area (Å²) in [4.78, 5) is 12.1. The lowest BCUT2D eigenvalue weighted by Gasteiger charge is -2.23. The van der Waals surface area contributed by atoms with E-state index in [0.29, 0.717) is 18.0 Å². The smallest absolute Gasteiger partial charge is 0.226 e. The van der Waals surface area contributed by atoms with E-state index in [4.69, 9.17) is 11.6 Å². The molecule has 2 aromatic heterocycles. The van der Waals surface area contributed by atoms with Gasteiger partial charge in [0.2, 0.25) is 5.91 Å². The minimum atomic E-state index is 0.0338. The topological polar surface area (TPSA) is 46.9 Å². The lowest BCUT2D eigenvalue weighted by molar-refractivity contribution is -0.116. The molecule has 0 aliphatic carbocycles. The first-order valence-electron chi connectivity index (χ1n) is 7.33. The highest BCUT2D eigenvalue weighted by atomic mass is 35.5. The van der Waals surface area contributed by atoms with E-state index in [0.717, 1.165) is 16.9 Å². The molecule has 4 nitrogen and oxygen atoms in total. The summed E-state index contributed by atoms with van der Waals surface area (Å²) in [5.74, 6) is 0.919. The molecular weight excluding hydrogens is 330 g/mol. The van der Waals surface area contributed by atoms with Crippen molar-refractivity contribution in [3.05, 3.63) is 69.0 Å². The van der Waals surface area contributed by atoms with Crippen molar-refractivity contribution < 1.29 is 4.79 Å². The Balaban J connectivity index is 1.69. The molecule has 0 fully saturated rings. The number of rotatable bonds is 3. The van der Waals surface area contributed by atoms with Crippen molar-refractivity contribution in [3.63, 3.8) is 0 Å². The van der Waals surface area contributed by atoms with Crippen LogP contribution in [0.3, 0.4) is 0 Å². The predicted octanol–water partition coefficient (Wildman–Crippen LogP) is 4.12. The van der Waals surface area contributed by atoms with E-state index in [1.165, 1.54) is 5.56 Å². The number of fused-ring (bicyclic) bond motifs is 1. The fourth-order valence-electron chi connectivity index (χ4n) is 2.92. The fourth-order valence-corrected chi connectivity index (χ4v) is 3.76. The van der Waals surface area contributed by atoms with E-state index < -0.39 is 0 Å². The Hall–Kier alpha value is -2.11. The van der Waals surface area contributed by atoms with Crippen LogP contribution in [0.4, 0.5) is 5.82 Å². The molecule has 3 heterocycles. The Morgan fingerprint density at radius 3 is 2.87 bits per heavy atom. The van der Waals surface area contributed by atoms with E-state index in [9.17, 15) is 4.79 Å². The molecule has 3 aromatic rings. The van der Waals surface area contributed by atoms with Crippen LogP contribution in [0, 0.1) is 0 Å². The highest BCUT2D eigenvalue weighted by Crippen LogP contribution is 2.37. The number of thiophene rings is 1. The maximum Gasteiger partial charge on any atom is 0.226 e. The lowest BCUT2D eigenvalue weighted by Crippen LogP contribution is -2.24. The zero-order chi connectivity index (χ0) is 15.8. The molecule has 6 heteroatoms. The second kappa shape index (κ2) is 5.83. The Morgan fingerprint density at radius 1 is 1.30 bits per heavy atom. The number of benzene rings is 1. The van der Waals surface area contributed by atoms with Crippen LogP contribution in [0.25, 0.3) is 0 Å². The van der Waals surface area contributed by atoms with Gasteiger partial charge in [-0.25, -0.2) is 4.68 Å². The molecule has 1 aliphatic rings. The van der Waals surface area contributed by atoms with Crippen LogP contribution in [-0.4, -0.2) is 15.7 Å². The number of carbonyl (C=O) groups is 1. The van der Waals surface area contributed by atoms with Crippen LogP contribution in [0.5, 0.6) is 0 Å². The Kier molecular flexibility index (Phi) is 3.67. The Morgan fingerprint density at radius 2 is 2.13 bits per heavy atom. The third kappa shape index (κ3) is 2.78. The average molecular weight is 344 g/mol. The maximum atomic E-state index is 12.1. The molecule has 1 atom stereocenters. The van der Waals surface area contributed by atoms with Gasteiger partial charge in [-0.2, -0.15) is 16.4 Å². The number of nitrogens with one attached hydrogen (secondary N) is 1. The van der Waals surface area contributed by atoms with E-state index in [1.807, 2.05) is 40.5 Å². The highest BCUT2D eigenvalue weighted by molar-refractivity contribution is 7.08. The van der Waals surface area contributed by atoms with Crippen molar-refractivity contribution in [1.29, 1.82) is 0 Å². The van der Waals surface area contributed by atoms with Gasteiger partial charge in [0.15, 0.2) is 0 Å². The van der Waals surface area contributed by atoms with Gasteiger partial charge in [-0.3, -0.25) is 4.79 Å². The van der Waals surface area contributed by atoms with E-state index >= 15 is 0 Å². The molecule has 1 aliphatic heterocycles. The van der Waals surface area contributed by atoms with Crippen LogP contribution >= 0.6 is 22.9 Å². The van der Waals surface area contributed by atoms with E-state index in [-0.39, 0.29) is 11.8 Å². The van der Waals surface area contributed by atoms with Gasteiger partial charge in [-0.05, 0) is 40.1 Å². The summed E-state index contributed by atoms with van der Waals surface area (Å²) in [7, 11) is 0.